The summed E-state index contributed by atoms with van der Waals surface area (Å²) in [6, 6.07) is 16.0. The number of carbonyl (C=O) groups excluding carboxylic acids is 1. The van der Waals surface area contributed by atoms with Gasteiger partial charge in [-0.2, -0.15) is 0 Å². The number of piperazine rings is 1. The van der Waals surface area contributed by atoms with E-state index in [2.05, 4.69) is 32.1 Å². The highest BCUT2D eigenvalue weighted by Gasteiger charge is 2.23. The number of carbonyl (C=O) groups is 1. The molecule has 3 N–H and O–H groups in total. The highest BCUT2D eigenvalue weighted by molar-refractivity contribution is 6.00. The van der Waals surface area contributed by atoms with Gasteiger partial charge in [0.2, 0.25) is 11.9 Å². The van der Waals surface area contributed by atoms with Crippen LogP contribution in [-0.4, -0.2) is 64.7 Å². The maximum atomic E-state index is 15.2. The van der Waals surface area contributed by atoms with Crippen LogP contribution in [0, 0.1) is 11.6 Å². The first-order valence-corrected chi connectivity index (χ1v) is 13.0. The van der Waals surface area contributed by atoms with Crippen molar-refractivity contribution in [2.75, 3.05) is 48.3 Å². The number of β-amino-alcohol motifs (C(OH)–C–C–N with tert-alkyl or cyclic N) is 1. The number of nitrogens with zero attached hydrogens (tertiary/aromatic N) is 4. The fourth-order valence-electron chi connectivity index (χ4n) is 4.85. The van der Waals surface area contributed by atoms with Gasteiger partial charge in [0.1, 0.15) is 0 Å². The predicted octanol–water partition coefficient (Wildman–Crippen LogP) is 4.95. The van der Waals surface area contributed by atoms with Gasteiger partial charge in [0.05, 0.1) is 23.0 Å². The van der Waals surface area contributed by atoms with Gasteiger partial charge in [-0.25, -0.2) is 18.7 Å². The fraction of sp³-hybridized carbons (Fsp3) is 0.233. The van der Waals surface area contributed by atoms with Crippen molar-refractivity contribution in [3.05, 3.63) is 85.1 Å². The van der Waals surface area contributed by atoms with Crippen LogP contribution >= 0.6 is 0 Å². The number of rotatable bonds is 8. The maximum absolute atomic E-state index is 15.2. The van der Waals surface area contributed by atoms with E-state index in [1.807, 2.05) is 41.3 Å². The zero-order valence-electron chi connectivity index (χ0n) is 22.1. The van der Waals surface area contributed by atoms with Crippen LogP contribution in [0.15, 0.2) is 73.4 Å². The lowest BCUT2D eigenvalue weighted by Gasteiger charge is -2.36. The molecule has 3 aromatic carbocycles. The Morgan fingerprint density at radius 3 is 2.62 bits per heavy atom. The molecule has 1 saturated heterocycles. The number of aliphatic hydroxyl groups is 1. The molecule has 0 aliphatic carbocycles. The summed E-state index contributed by atoms with van der Waals surface area (Å²) < 4.78 is 30.3. The van der Waals surface area contributed by atoms with Gasteiger partial charge in [0.25, 0.3) is 0 Å². The summed E-state index contributed by atoms with van der Waals surface area (Å²) in [6.45, 7) is 8.14. The molecular formula is C30H30F2N6O2. The zero-order valence-corrected chi connectivity index (χ0v) is 22.1. The number of para-hydroxylation sites is 1. The Bertz CT molecular complexity index is 1550. The van der Waals surface area contributed by atoms with Crippen LogP contribution in [0.3, 0.4) is 0 Å². The summed E-state index contributed by atoms with van der Waals surface area (Å²) >= 11 is 0. The minimum absolute atomic E-state index is 0.0695. The molecule has 1 aliphatic heterocycles. The van der Waals surface area contributed by atoms with Crippen molar-refractivity contribution in [3.63, 3.8) is 0 Å². The molecule has 1 amide bonds. The Kier molecular flexibility index (Phi) is 7.99. The second-order valence-corrected chi connectivity index (χ2v) is 9.73. The smallest absolute Gasteiger partial charge is 0.247 e. The van der Waals surface area contributed by atoms with Crippen LogP contribution in [0.1, 0.15) is 6.92 Å². The van der Waals surface area contributed by atoms with Crippen molar-refractivity contribution in [2.24, 2.45) is 0 Å². The molecule has 0 saturated carbocycles. The lowest BCUT2D eigenvalue weighted by molar-refractivity contribution is -0.111. The average molecular weight is 545 g/mol. The van der Waals surface area contributed by atoms with Crippen LogP contribution in [0.2, 0.25) is 0 Å². The van der Waals surface area contributed by atoms with Gasteiger partial charge in [-0.3, -0.25) is 9.69 Å². The number of anilines is 4. The Balaban J connectivity index is 1.39. The second kappa shape index (κ2) is 11.8. The highest BCUT2D eigenvalue weighted by Crippen LogP contribution is 2.32. The number of aromatic nitrogens is 2. The SMILES string of the molecule is C=CC(=O)Nc1cccc(-c2cccc3cnc(Nc4ccc(N5CCN(CC(C)O)CC5)c(F)c4F)nc23)c1. The minimum Gasteiger partial charge on any atom is -0.392 e. The summed E-state index contributed by atoms with van der Waals surface area (Å²) in [4.78, 5) is 24.6. The normalized spacial score (nSPS) is 14.7. The average Bonchev–Trinajstić information content (AvgIpc) is 2.95. The molecule has 1 atom stereocenters. The van der Waals surface area contributed by atoms with Crippen molar-refractivity contribution in [1.82, 2.24) is 14.9 Å². The lowest BCUT2D eigenvalue weighted by Crippen LogP contribution is -2.48. The number of benzene rings is 3. The molecule has 1 unspecified atom stereocenters. The fourth-order valence-corrected chi connectivity index (χ4v) is 4.85. The Hall–Kier alpha value is -4.41. The Labute approximate surface area is 231 Å². The number of amides is 1. The quantitative estimate of drug-likeness (QED) is 0.271. The van der Waals surface area contributed by atoms with E-state index >= 15 is 8.78 Å². The number of fused-ring (bicyclic) bond motifs is 1. The Morgan fingerprint density at radius 2 is 1.88 bits per heavy atom. The predicted molar refractivity (Wildman–Crippen MR) is 154 cm³/mol. The third kappa shape index (κ3) is 5.93. The van der Waals surface area contributed by atoms with E-state index in [4.69, 9.17) is 0 Å². The third-order valence-electron chi connectivity index (χ3n) is 6.78. The van der Waals surface area contributed by atoms with Crippen molar-refractivity contribution in [1.29, 1.82) is 0 Å². The van der Waals surface area contributed by atoms with E-state index in [-0.39, 0.29) is 23.2 Å². The topological polar surface area (TPSA) is 93.6 Å². The van der Waals surface area contributed by atoms with Crippen molar-refractivity contribution in [2.45, 2.75) is 13.0 Å². The van der Waals surface area contributed by atoms with Gasteiger partial charge in [0, 0.05) is 55.6 Å². The molecule has 10 heteroatoms. The molecule has 8 nitrogen and oxygen atoms in total. The number of hydrogen-bond acceptors (Lipinski definition) is 7. The van der Waals surface area contributed by atoms with Gasteiger partial charge < -0.3 is 20.6 Å². The second-order valence-electron chi connectivity index (χ2n) is 9.73. The molecule has 1 aromatic heterocycles. The first-order valence-electron chi connectivity index (χ1n) is 13.0. The van der Waals surface area contributed by atoms with Crippen LogP contribution < -0.4 is 15.5 Å². The van der Waals surface area contributed by atoms with E-state index in [9.17, 15) is 9.90 Å². The molecular weight excluding hydrogens is 514 g/mol. The molecule has 1 aliphatic rings. The van der Waals surface area contributed by atoms with E-state index < -0.39 is 17.7 Å². The summed E-state index contributed by atoms with van der Waals surface area (Å²) in [5, 5.41) is 15.9. The molecule has 0 radical (unpaired) electrons. The maximum Gasteiger partial charge on any atom is 0.247 e. The first-order chi connectivity index (χ1) is 19.3. The number of nitrogens with one attached hydrogen (secondary N) is 2. The summed E-state index contributed by atoms with van der Waals surface area (Å²) in [5.41, 5.74) is 2.94. The van der Waals surface area contributed by atoms with E-state index in [1.54, 1.807) is 25.3 Å². The van der Waals surface area contributed by atoms with Crippen molar-refractivity contribution < 1.29 is 18.7 Å². The molecule has 206 valence electrons. The van der Waals surface area contributed by atoms with E-state index in [1.165, 1.54) is 12.1 Å². The lowest BCUT2D eigenvalue weighted by atomic mass is 10.0. The number of halogens is 2. The van der Waals surface area contributed by atoms with Gasteiger partial charge in [-0.1, -0.05) is 36.9 Å². The molecule has 0 bridgehead atoms. The largest absolute Gasteiger partial charge is 0.392 e. The summed E-state index contributed by atoms with van der Waals surface area (Å²) in [7, 11) is 0. The monoisotopic (exact) mass is 544 g/mol. The van der Waals surface area contributed by atoms with Crippen LogP contribution in [0.5, 0.6) is 0 Å². The van der Waals surface area contributed by atoms with Gasteiger partial charge in [-0.05, 0) is 42.8 Å². The minimum atomic E-state index is -1.01. The highest BCUT2D eigenvalue weighted by atomic mass is 19.2. The molecule has 4 aromatic rings. The third-order valence-corrected chi connectivity index (χ3v) is 6.78. The number of aliphatic hydroxyl groups excluding tert-OH is 1. The molecule has 5 rings (SSSR count). The molecule has 0 spiro atoms. The summed E-state index contributed by atoms with van der Waals surface area (Å²) in [5.74, 6) is -2.14. The standard InChI is InChI=1S/C30H30F2N6O2/c1-3-26(40)34-22-8-4-6-20(16-22)23-9-5-7-21-17-33-30(36-29(21)23)35-24-10-11-25(28(32)27(24)31)38-14-12-37(13-15-38)18-19(2)39/h3-11,16-17,19,39H,1,12-15,18H2,2H3,(H,34,40)(H,33,35,36). The van der Waals surface area contributed by atoms with Crippen LogP contribution in [-0.2, 0) is 4.79 Å². The van der Waals surface area contributed by atoms with Crippen LogP contribution in [0.4, 0.5) is 31.8 Å². The summed E-state index contributed by atoms with van der Waals surface area (Å²) in [6.07, 6.45) is 2.38. The van der Waals surface area contributed by atoms with Crippen molar-refractivity contribution in [3.8, 4) is 11.1 Å². The molecule has 40 heavy (non-hydrogen) atoms. The first kappa shape index (κ1) is 27.2. The molecule has 2 heterocycles. The van der Waals surface area contributed by atoms with E-state index in [0.29, 0.717) is 43.9 Å². The van der Waals surface area contributed by atoms with Crippen molar-refractivity contribution >= 4 is 39.8 Å². The zero-order chi connectivity index (χ0) is 28.2. The van der Waals surface area contributed by atoms with Crippen LogP contribution in [0.25, 0.3) is 22.0 Å². The van der Waals surface area contributed by atoms with Gasteiger partial charge >= 0.3 is 0 Å². The van der Waals surface area contributed by atoms with Gasteiger partial charge in [0.15, 0.2) is 11.6 Å². The van der Waals surface area contributed by atoms with E-state index in [0.717, 1.165) is 16.5 Å². The molecule has 1 fully saturated rings. The van der Waals surface area contributed by atoms with Gasteiger partial charge in [-0.15, -0.1) is 0 Å². The number of hydrogen-bond donors (Lipinski definition) is 3. The Morgan fingerprint density at radius 1 is 1.10 bits per heavy atom.